The summed E-state index contributed by atoms with van der Waals surface area (Å²) in [6.07, 6.45) is 18.0. The molecule has 1 amide bonds. The Bertz CT molecular complexity index is 1060. The molecule has 1 saturated carbocycles. The molecule has 0 aromatic heterocycles. The van der Waals surface area contributed by atoms with Gasteiger partial charge in [-0.25, -0.2) is 0 Å². The monoisotopic (exact) mass is 589 g/mol. The third-order valence-electron chi connectivity index (χ3n) is 9.40. The van der Waals surface area contributed by atoms with Crippen LogP contribution in [0.4, 0.5) is 0 Å². The Morgan fingerprint density at radius 3 is 2.28 bits per heavy atom. The molecular formula is C38H59N3O2. The van der Waals surface area contributed by atoms with Gasteiger partial charge in [0.15, 0.2) is 0 Å². The van der Waals surface area contributed by atoms with Crippen molar-refractivity contribution in [1.29, 1.82) is 0 Å². The van der Waals surface area contributed by atoms with E-state index < -0.39 is 5.91 Å². The summed E-state index contributed by atoms with van der Waals surface area (Å²) in [5.74, 6) is 1.70. The third-order valence-corrected chi connectivity index (χ3v) is 9.40. The Morgan fingerprint density at radius 1 is 1.02 bits per heavy atom. The summed E-state index contributed by atoms with van der Waals surface area (Å²) in [6, 6.07) is 9.52. The molecular weight excluding hydrogens is 530 g/mol. The number of hydrogen-bond donors (Lipinski definition) is 3. The molecule has 3 aliphatic rings. The molecule has 43 heavy (non-hydrogen) atoms. The van der Waals surface area contributed by atoms with E-state index in [1.54, 1.807) is 0 Å². The summed E-state index contributed by atoms with van der Waals surface area (Å²) in [7, 11) is 0. The van der Waals surface area contributed by atoms with Crippen LogP contribution >= 0.6 is 0 Å². The normalized spacial score (nSPS) is 21.3. The Hall–Kier alpha value is -2.79. The van der Waals surface area contributed by atoms with E-state index in [4.69, 9.17) is 17.0 Å². The molecule has 0 radical (unpaired) electrons. The second-order valence-electron chi connectivity index (χ2n) is 13.0. The number of fused-ring (bicyclic) bond motifs is 1. The van der Waals surface area contributed by atoms with Gasteiger partial charge in [-0.1, -0.05) is 115 Å². The highest BCUT2D eigenvalue weighted by Gasteiger charge is 2.36. The number of ether oxygens (including phenoxy) is 1. The zero-order chi connectivity index (χ0) is 31.2. The molecule has 238 valence electrons. The van der Waals surface area contributed by atoms with Crippen LogP contribution in [0.5, 0.6) is 0 Å². The number of primary amides is 1. The molecule has 0 aliphatic heterocycles. The summed E-state index contributed by atoms with van der Waals surface area (Å²) < 4.78 is 6.21. The van der Waals surface area contributed by atoms with Crippen LogP contribution in [-0.2, 0) is 22.4 Å². The van der Waals surface area contributed by atoms with Gasteiger partial charge in [-0.05, 0) is 73.8 Å². The molecule has 1 aromatic carbocycles. The zero-order valence-electron chi connectivity index (χ0n) is 27.3. The molecule has 0 saturated heterocycles. The van der Waals surface area contributed by atoms with Crippen LogP contribution in [0.15, 0.2) is 73.1 Å². The van der Waals surface area contributed by atoms with E-state index in [0.717, 1.165) is 44.3 Å². The number of carbonyl (C=O) groups is 1. The maximum Gasteiger partial charge on any atom is 0.244 e. The number of nitrogens with one attached hydrogen (secondary N) is 2. The quantitative estimate of drug-likeness (QED) is 0.105. The fourth-order valence-electron chi connectivity index (χ4n) is 7.09. The van der Waals surface area contributed by atoms with Crippen LogP contribution in [0.1, 0.15) is 96.1 Å². The Labute approximate surface area is 262 Å². The molecule has 4 unspecified atom stereocenters. The van der Waals surface area contributed by atoms with E-state index in [1.165, 1.54) is 55.2 Å². The number of rotatable bonds is 16. The van der Waals surface area contributed by atoms with E-state index >= 15 is 0 Å². The molecule has 5 heteroatoms. The van der Waals surface area contributed by atoms with Gasteiger partial charge < -0.3 is 21.1 Å². The maximum absolute atomic E-state index is 11.7. The number of amides is 1. The standard InChI is InChI=1S/C35H51N3O2.C3H8/c1-5-12-27(24(2)35(36)39)19-20-40-23-30-15-11-18-33(30)25(3)34(31-21-28-13-9-10-14-29(28)22-31)38-26(4)37-32-16-7-6-8-17-32;1-3-2/h9-11,13-15,27,30-34,37-38H,2-8,12,16-23H2,1H3,(H2,36,39);3H2,1-2H3. The Morgan fingerprint density at radius 2 is 1.67 bits per heavy atom. The smallest absolute Gasteiger partial charge is 0.244 e. The number of hydrogen-bond acceptors (Lipinski definition) is 4. The van der Waals surface area contributed by atoms with Crippen LogP contribution < -0.4 is 16.4 Å². The minimum atomic E-state index is -0.402. The molecule has 3 aliphatic carbocycles. The summed E-state index contributed by atoms with van der Waals surface area (Å²) in [6.45, 7) is 20.7. The van der Waals surface area contributed by atoms with Crippen molar-refractivity contribution in [3.05, 3.63) is 84.2 Å². The van der Waals surface area contributed by atoms with Crippen molar-refractivity contribution in [3.8, 4) is 0 Å². The minimum Gasteiger partial charge on any atom is -0.381 e. The van der Waals surface area contributed by atoms with E-state index in [9.17, 15) is 4.79 Å². The largest absolute Gasteiger partial charge is 0.381 e. The lowest BCUT2D eigenvalue weighted by Crippen LogP contribution is -2.45. The van der Waals surface area contributed by atoms with Gasteiger partial charge in [0.2, 0.25) is 5.91 Å². The molecule has 4 N–H and O–H groups in total. The second kappa shape index (κ2) is 18.1. The summed E-state index contributed by atoms with van der Waals surface area (Å²) in [5, 5.41) is 7.53. The lowest BCUT2D eigenvalue weighted by molar-refractivity contribution is -0.115. The molecule has 1 fully saturated rings. The van der Waals surface area contributed by atoms with Gasteiger partial charge in [-0.3, -0.25) is 4.79 Å². The average molecular weight is 590 g/mol. The van der Waals surface area contributed by atoms with Crippen LogP contribution in [0.3, 0.4) is 0 Å². The van der Waals surface area contributed by atoms with E-state index in [1.807, 2.05) is 0 Å². The predicted octanol–water partition coefficient (Wildman–Crippen LogP) is 7.78. The molecule has 0 spiro atoms. The SMILES string of the molecule is C=C(NC1CCCCC1)NC(C(=C)C1CC=CC1COCCC(CCC)C(=C)C(N)=O)C1Cc2ccccc2C1.CCC. The maximum atomic E-state index is 11.7. The Kier molecular flexibility index (Phi) is 14.6. The van der Waals surface area contributed by atoms with Gasteiger partial charge >= 0.3 is 0 Å². The van der Waals surface area contributed by atoms with Gasteiger partial charge in [0.25, 0.3) is 0 Å². The van der Waals surface area contributed by atoms with Gasteiger partial charge in [0.1, 0.15) is 0 Å². The molecule has 1 aromatic rings. The molecule has 4 rings (SSSR count). The van der Waals surface area contributed by atoms with Crippen molar-refractivity contribution in [1.82, 2.24) is 10.6 Å². The minimum absolute atomic E-state index is 0.0904. The molecule has 4 atom stereocenters. The first kappa shape index (κ1) is 34.7. The second-order valence-corrected chi connectivity index (χ2v) is 13.0. The fraction of sp³-hybridized carbons (Fsp3) is 0.605. The third kappa shape index (κ3) is 10.4. The van der Waals surface area contributed by atoms with Crippen LogP contribution in [-0.4, -0.2) is 31.2 Å². The van der Waals surface area contributed by atoms with E-state index in [2.05, 4.69) is 81.0 Å². The van der Waals surface area contributed by atoms with Crippen molar-refractivity contribution in [2.75, 3.05) is 13.2 Å². The van der Waals surface area contributed by atoms with E-state index in [-0.39, 0.29) is 12.0 Å². The van der Waals surface area contributed by atoms with E-state index in [0.29, 0.717) is 42.6 Å². The Balaban J connectivity index is 0.00000162. The number of nitrogens with two attached hydrogens (primary N) is 1. The lowest BCUT2D eigenvalue weighted by Gasteiger charge is -2.35. The van der Waals surface area contributed by atoms with Crippen LogP contribution in [0.25, 0.3) is 0 Å². The highest BCUT2D eigenvalue weighted by Crippen LogP contribution is 2.38. The fourth-order valence-corrected chi connectivity index (χ4v) is 7.09. The van der Waals surface area contributed by atoms with Gasteiger partial charge in [0.05, 0.1) is 18.5 Å². The predicted molar refractivity (Wildman–Crippen MR) is 181 cm³/mol. The van der Waals surface area contributed by atoms with Crippen molar-refractivity contribution in [3.63, 3.8) is 0 Å². The van der Waals surface area contributed by atoms with Crippen LogP contribution in [0, 0.1) is 23.7 Å². The first-order valence-corrected chi connectivity index (χ1v) is 17.0. The summed E-state index contributed by atoms with van der Waals surface area (Å²) in [4.78, 5) is 11.7. The average Bonchev–Trinajstić information content (AvgIpc) is 3.65. The highest BCUT2D eigenvalue weighted by molar-refractivity contribution is 5.91. The van der Waals surface area contributed by atoms with Crippen molar-refractivity contribution >= 4 is 5.91 Å². The first-order valence-electron chi connectivity index (χ1n) is 17.0. The topological polar surface area (TPSA) is 76.4 Å². The van der Waals surface area contributed by atoms with Crippen molar-refractivity contribution < 1.29 is 9.53 Å². The first-order chi connectivity index (χ1) is 20.8. The van der Waals surface area contributed by atoms with Gasteiger partial charge in [-0.15, -0.1) is 0 Å². The number of carbonyl (C=O) groups excluding carboxylic acids is 1. The molecule has 0 bridgehead atoms. The molecule has 5 nitrogen and oxygen atoms in total. The summed E-state index contributed by atoms with van der Waals surface area (Å²) >= 11 is 0. The van der Waals surface area contributed by atoms with Gasteiger partial charge in [0, 0.05) is 24.1 Å². The van der Waals surface area contributed by atoms with Crippen molar-refractivity contribution in [2.24, 2.45) is 29.4 Å². The lowest BCUT2D eigenvalue weighted by atomic mass is 9.79. The number of benzene rings is 1. The summed E-state index contributed by atoms with van der Waals surface area (Å²) in [5.41, 5.74) is 10.2. The van der Waals surface area contributed by atoms with Crippen molar-refractivity contribution in [2.45, 2.75) is 110 Å². The van der Waals surface area contributed by atoms with Gasteiger partial charge in [-0.2, -0.15) is 0 Å². The zero-order valence-corrected chi connectivity index (χ0v) is 27.3. The highest BCUT2D eigenvalue weighted by atomic mass is 16.5. The number of allylic oxidation sites excluding steroid dienone is 1. The van der Waals surface area contributed by atoms with Crippen LogP contribution in [0.2, 0.25) is 0 Å². The molecule has 0 heterocycles.